The van der Waals surface area contributed by atoms with Gasteiger partial charge in [-0.3, -0.25) is 4.98 Å². The maximum atomic E-state index is 5.84. The zero-order valence-electron chi connectivity index (χ0n) is 13.3. The van der Waals surface area contributed by atoms with Crippen molar-refractivity contribution in [2.75, 3.05) is 0 Å². The van der Waals surface area contributed by atoms with E-state index in [9.17, 15) is 0 Å². The molecule has 0 fully saturated rings. The molecule has 0 bridgehead atoms. The summed E-state index contributed by atoms with van der Waals surface area (Å²) in [5.74, 6) is 0.843. The molecule has 0 saturated heterocycles. The highest BCUT2D eigenvalue weighted by atomic mass is 16.5. The lowest BCUT2D eigenvalue weighted by Gasteiger charge is -2.20. The fraction of sp³-hybridized carbons (Fsp3) is 0.389. The predicted octanol–water partition coefficient (Wildman–Crippen LogP) is 3.86. The standard InChI is InChI=1S/C18H24N2O/c1-14-17(9-6-10-19-14)21-13-16-8-5-7-15(11-16)12-20-18(2,3)4/h5-11,20H,12-13H2,1-4H3. The van der Waals surface area contributed by atoms with E-state index >= 15 is 0 Å². The van der Waals surface area contributed by atoms with Crippen LogP contribution in [0.25, 0.3) is 0 Å². The molecule has 3 heteroatoms. The minimum atomic E-state index is 0.124. The second kappa shape index (κ2) is 6.72. The molecule has 0 atom stereocenters. The Morgan fingerprint density at radius 1 is 1.10 bits per heavy atom. The molecule has 0 radical (unpaired) electrons. The van der Waals surface area contributed by atoms with Crippen molar-refractivity contribution < 1.29 is 4.74 Å². The van der Waals surface area contributed by atoms with Crippen LogP contribution in [0.5, 0.6) is 5.75 Å². The van der Waals surface area contributed by atoms with E-state index in [4.69, 9.17) is 4.74 Å². The number of ether oxygens (including phenoxy) is 1. The Kier molecular flexibility index (Phi) is 4.97. The maximum Gasteiger partial charge on any atom is 0.141 e. The van der Waals surface area contributed by atoms with Crippen molar-refractivity contribution in [3.63, 3.8) is 0 Å². The molecule has 0 amide bonds. The number of aryl methyl sites for hydroxylation is 1. The third-order valence-electron chi connectivity index (χ3n) is 3.17. The van der Waals surface area contributed by atoms with Gasteiger partial charge in [-0.1, -0.05) is 24.3 Å². The fourth-order valence-electron chi connectivity index (χ4n) is 1.98. The van der Waals surface area contributed by atoms with Crippen molar-refractivity contribution in [2.24, 2.45) is 0 Å². The molecule has 0 spiro atoms. The molecular formula is C18H24N2O. The molecule has 21 heavy (non-hydrogen) atoms. The number of pyridine rings is 1. The normalized spacial score (nSPS) is 11.4. The molecule has 0 aliphatic rings. The summed E-state index contributed by atoms with van der Waals surface area (Å²) in [5, 5.41) is 3.50. The molecule has 2 aromatic rings. The Hall–Kier alpha value is -1.87. The summed E-state index contributed by atoms with van der Waals surface area (Å²) in [6, 6.07) is 12.3. The van der Waals surface area contributed by atoms with Crippen LogP contribution in [0.3, 0.4) is 0 Å². The highest BCUT2D eigenvalue weighted by Crippen LogP contribution is 2.16. The third-order valence-corrected chi connectivity index (χ3v) is 3.17. The van der Waals surface area contributed by atoms with Crippen molar-refractivity contribution in [1.82, 2.24) is 10.3 Å². The van der Waals surface area contributed by atoms with Gasteiger partial charge >= 0.3 is 0 Å². The Morgan fingerprint density at radius 2 is 1.86 bits per heavy atom. The maximum absolute atomic E-state index is 5.84. The van der Waals surface area contributed by atoms with Gasteiger partial charge in [0, 0.05) is 18.3 Å². The summed E-state index contributed by atoms with van der Waals surface area (Å²) in [7, 11) is 0. The van der Waals surface area contributed by atoms with Crippen molar-refractivity contribution in [2.45, 2.75) is 46.4 Å². The van der Waals surface area contributed by atoms with Crippen LogP contribution in [0.15, 0.2) is 42.6 Å². The Bertz CT molecular complexity index is 588. The number of nitrogens with one attached hydrogen (secondary N) is 1. The van der Waals surface area contributed by atoms with Gasteiger partial charge in [-0.25, -0.2) is 0 Å². The monoisotopic (exact) mass is 284 g/mol. The molecule has 1 heterocycles. The van der Waals surface area contributed by atoms with Gasteiger partial charge in [0.05, 0.1) is 5.69 Å². The Labute approximate surface area is 127 Å². The number of hydrogen-bond donors (Lipinski definition) is 1. The van der Waals surface area contributed by atoms with Gasteiger partial charge < -0.3 is 10.1 Å². The highest BCUT2D eigenvalue weighted by molar-refractivity contribution is 5.27. The molecule has 2 rings (SSSR count). The van der Waals surface area contributed by atoms with E-state index in [2.05, 4.69) is 55.3 Å². The van der Waals surface area contributed by atoms with Gasteiger partial charge in [0.2, 0.25) is 0 Å². The fourth-order valence-corrected chi connectivity index (χ4v) is 1.98. The van der Waals surface area contributed by atoms with Crippen LogP contribution in [0.4, 0.5) is 0 Å². The third kappa shape index (κ3) is 5.20. The minimum absolute atomic E-state index is 0.124. The number of hydrogen-bond acceptors (Lipinski definition) is 3. The van der Waals surface area contributed by atoms with Gasteiger partial charge in [0.1, 0.15) is 12.4 Å². The van der Waals surface area contributed by atoms with Gasteiger partial charge in [0.25, 0.3) is 0 Å². The molecule has 0 aliphatic carbocycles. The number of aromatic nitrogens is 1. The van der Waals surface area contributed by atoms with E-state index in [1.54, 1.807) is 6.20 Å². The van der Waals surface area contributed by atoms with Gasteiger partial charge in [-0.15, -0.1) is 0 Å². The summed E-state index contributed by atoms with van der Waals surface area (Å²) in [6.07, 6.45) is 1.78. The lowest BCUT2D eigenvalue weighted by Crippen LogP contribution is -2.35. The smallest absolute Gasteiger partial charge is 0.141 e. The summed E-state index contributed by atoms with van der Waals surface area (Å²) in [6.45, 7) is 9.90. The van der Waals surface area contributed by atoms with E-state index < -0.39 is 0 Å². The van der Waals surface area contributed by atoms with E-state index in [1.807, 2.05) is 19.1 Å². The molecule has 0 saturated carbocycles. The zero-order chi connectivity index (χ0) is 15.3. The number of benzene rings is 1. The van der Waals surface area contributed by atoms with E-state index in [-0.39, 0.29) is 5.54 Å². The first-order chi connectivity index (χ1) is 9.94. The molecule has 112 valence electrons. The van der Waals surface area contributed by atoms with Crippen LogP contribution in [0.1, 0.15) is 37.6 Å². The highest BCUT2D eigenvalue weighted by Gasteiger charge is 2.08. The first kappa shape index (κ1) is 15.5. The lowest BCUT2D eigenvalue weighted by atomic mass is 10.1. The van der Waals surface area contributed by atoms with Crippen LogP contribution in [0, 0.1) is 6.92 Å². The SMILES string of the molecule is Cc1ncccc1OCc1cccc(CNC(C)(C)C)c1. The average molecular weight is 284 g/mol. The molecule has 1 aromatic carbocycles. The van der Waals surface area contributed by atoms with Gasteiger partial charge in [-0.05, 0) is 51.0 Å². The first-order valence-electron chi connectivity index (χ1n) is 7.31. The van der Waals surface area contributed by atoms with Crippen molar-refractivity contribution in [3.8, 4) is 5.75 Å². The number of rotatable bonds is 5. The van der Waals surface area contributed by atoms with Crippen molar-refractivity contribution >= 4 is 0 Å². The average Bonchev–Trinajstić information content (AvgIpc) is 2.44. The molecule has 0 aliphatic heterocycles. The van der Waals surface area contributed by atoms with Crippen LogP contribution >= 0.6 is 0 Å². The summed E-state index contributed by atoms with van der Waals surface area (Å²) >= 11 is 0. The van der Waals surface area contributed by atoms with E-state index in [0.717, 1.165) is 18.0 Å². The van der Waals surface area contributed by atoms with Crippen LogP contribution in [-0.4, -0.2) is 10.5 Å². The second-order valence-corrected chi connectivity index (χ2v) is 6.30. The first-order valence-corrected chi connectivity index (χ1v) is 7.31. The molecular weight excluding hydrogens is 260 g/mol. The van der Waals surface area contributed by atoms with Crippen LogP contribution in [-0.2, 0) is 13.2 Å². The van der Waals surface area contributed by atoms with E-state index in [0.29, 0.717) is 6.61 Å². The quantitative estimate of drug-likeness (QED) is 0.905. The Morgan fingerprint density at radius 3 is 2.57 bits per heavy atom. The second-order valence-electron chi connectivity index (χ2n) is 6.30. The van der Waals surface area contributed by atoms with Crippen molar-refractivity contribution in [1.29, 1.82) is 0 Å². The minimum Gasteiger partial charge on any atom is -0.487 e. The number of nitrogens with zero attached hydrogens (tertiary/aromatic N) is 1. The molecule has 1 aromatic heterocycles. The summed E-state index contributed by atoms with van der Waals surface area (Å²) in [5.41, 5.74) is 3.49. The van der Waals surface area contributed by atoms with Crippen LogP contribution < -0.4 is 10.1 Å². The molecule has 0 unspecified atom stereocenters. The largest absolute Gasteiger partial charge is 0.487 e. The zero-order valence-corrected chi connectivity index (χ0v) is 13.3. The van der Waals surface area contributed by atoms with Crippen molar-refractivity contribution in [3.05, 3.63) is 59.4 Å². The lowest BCUT2D eigenvalue weighted by molar-refractivity contribution is 0.302. The summed E-state index contributed by atoms with van der Waals surface area (Å²) < 4.78 is 5.84. The van der Waals surface area contributed by atoms with Crippen LogP contribution in [0.2, 0.25) is 0 Å². The Balaban J connectivity index is 1.96. The molecule has 1 N–H and O–H groups in total. The van der Waals surface area contributed by atoms with Gasteiger partial charge in [0.15, 0.2) is 0 Å². The molecule has 3 nitrogen and oxygen atoms in total. The van der Waals surface area contributed by atoms with Gasteiger partial charge in [-0.2, -0.15) is 0 Å². The topological polar surface area (TPSA) is 34.1 Å². The summed E-state index contributed by atoms with van der Waals surface area (Å²) in [4.78, 5) is 4.23. The van der Waals surface area contributed by atoms with E-state index in [1.165, 1.54) is 11.1 Å². The predicted molar refractivity (Wildman–Crippen MR) is 86.3 cm³/mol.